The predicted octanol–water partition coefficient (Wildman–Crippen LogP) is 2.53. The molecule has 20 heavy (non-hydrogen) atoms. The van der Waals surface area contributed by atoms with Crippen LogP contribution in [0.2, 0.25) is 0 Å². The largest absolute Gasteiger partial charge is 0.434 e. The topological polar surface area (TPSA) is 68.2 Å². The van der Waals surface area contributed by atoms with Crippen LogP contribution in [-0.2, 0) is 6.54 Å². The van der Waals surface area contributed by atoms with Gasteiger partial charge in [-0.2, -0.15) is 4.98 Å². The van der Waals surface area contributed by atoms with Gasteiger partial charge >= 0.3 is 0 Å². The third-order valence-electron chi connectivity index (χ3n) is 2.92. The SMILES string of the molecule is CN(C)Cc1ccc2oc(-c3cccc(N)c3)nc2n1. The lowest BCUT2D eigenvalue weighted by molar-refractivity contribution is 0.397. The van der Waals surface area contributed by atoms with Crippen molar-refractivity contribution in [3.63, 3.8) is 0 Å². The molecule has 3 aromatic rings. The zero-order valence-corrected chi connectivity index (χ0v) is 11.5. The molecule has 0 aliphatic heterocycles. The number of anilines is 1. The first-order valence-electron chi connectivity index (χ1n) is 6.39. The van der Waals surface area contributed by atoms with E-state index in [2.05, 4.69) is 14.9 Å². The Morgan fingerprint density at radius 3 is 2.75 bits per heavy atom. The first kappa shape index (κ1) is 12.6. The standard InChI is InChI=1S/C15H16N4O/c1-19(2)9-12-6-7-13-14(17-12)18-15(20-13)10-4-3-5-11(16)8-10/h3-8H,9,16H2,1-2H3. The van der Waals surface area contributed by atoms with Crippen LogP contribution < -0.4 is 5.73 Å². The Hall–Kier alpha value is -2.40. The maximum absolute atomic E-state index is 5.78. The number of nitrogen functional groups attached to an aromatic ring is 1. The summed E-state index contributed by atoms with van der Waals surface area (Å²) < 4.78 is 5.73. The fraction of sp³-hybridized carbons (Fsp3) is 0.200. The lowest BCUT2D eigenvalue weighted by atomic mass is 10.2. The molecule has 0 unspecified atom stereocenters. The van der Waals surface area contributed by atoms with Crippen LogP contribution in [0.3, 0.4) is 0 Å². The molecule has 0 spiro atoms. The van der Waals surface area contributed by atoms with Gasteiger partial charge in [0.1, 0.15) is 0 Å². The van der Waals surface area contributed by atoms with E-state index < -0.39 is 0 Å². The predicted molar refractivity (Wildman–Crippen MR) is 79.0 cm³/mol. The highest BCUT2D eigenvalue weighted by Crippen LogP contribution is 2.24. The van der Waals surface area contributed by atoms with E-state index in [4.69, 9.17) is 10.2 Å². The van der Waals surface area contributed by atoms with Crippen molar-refractivity contribution in [2.45, 2.75) is 6.54 Å². The molecule has 0 aliphatic rings. The Bertz CT molecular complexity index is 748. The van der Waals surface area contributed by atoms with Crippen LogP contribution in [0.5, 0.6) is 0 Å². The van der Waals surface area contributed by atoms with Crippen LogP contribution in [0.1, 0.15) is 5.69 Å². The molecule has 5 nitrogen and oxygen atoms in total. The lowest BCUT2D eigenvalue weighted by Crippen LogP contribution is -2.11. The van der Waals surface area contributed by atoms with Crippen molar-refractivity contribution in [1.29, 1.82) is 0 Å². The van der Waals surface area contributed by atoms with Crippen LogP contribution >= 0.6 is 0 Å². The Balaban J connectivity index is 2.02. The number of nitrogens with two attached hydrogens (primary N) is 1. The molecule has 0 radical (unpaired) electrons. The van der Waals surface area contributed by atoms with Crippen molar-refractivity contribution in [2.24, 2.45) is 0 Å². The number of rotatable bonds is 3. The molecule has 0 aliphatic carbocycles. The summed E-state index contributed by atoms with van der Waals surface area (Å²) in [5.74, 6) is 0.543. The minimum absolute atomic E-state index is 0.543. The second-order valence-corrected chi connectivity index (χ2v) is 5.01. The third-order valence-corrected chi connectivity index (χ3v) is 2.92. The molecule has 2 heterocycles. The minimum atomic E-state index is 0.543. The Labute approximate surface area is 117 Å². The molecule has 102 valence electrons. The molecule has 5 heteroatoms. The Kier molecular flexibility index (Phi) is 3.12. The van der Waals surface area contributed by atoms with Gasteiger partial charge in [-0.05, 0) is 44.4 Å². The maximum Gasteiger partial charge on any atom is 0.228 e. The second-order valence-electron chi connectivity index (χ2n) is 5.01. The number of benzene rings is 1. The van der Waals surface area contributed by atoms with E-state index in [1.165, 1.54) is 0 Å². The van der Waals surface area contributed by atoms with Crippen molar-refractivity contribution in [2.75, 3.05) is 19.8 Å². The van der Waals surface area contributed by atoms with E-state index in [9.17, 15) is 0 Å². The van der Waals surface area contributed by atoms with Crippen LogP contribution in [0.25, 0.3) is 22.7 Å². The molecule has 1 aromatic carbocycles. The maximum atomic E-state index is 5.78. The van der Waals surface area contributed by atoms with Crippen molar-refractivity contribution in [1.82, 2.24) is 14.9 Å². The molecule has 0 fully saturated rings. The summed E-state index contributed by atoms with van der Waals surface area (Å²) in [7, 11) is 4.01. The van der Waals surface area contributed by atoms with Crippen LogP contribution in [-0.4, -0.2) is 29.0 Å². The van der Waals surface area contributed by atoms with Crippen LogP contribution in [0.15, 0.2) is 40.8 Å². The second kappa shape index (κ2) is 4.94. The molecule has 2 N–H and O–H groups in total. The van der Waals surface area contributed by atoms with Gasteiger partial charge in [0.05, 0.1) is 5.69 Å². The lowest BCUT2D eigenvalue weighted by Gasteiger charge is -2.07. The van der Waals surface area contributed by atoms with Crippen LogP contribution in [0, 0.1) is 0 Å². The van der Waals surface area contributed by atoms with Gasteiger partial charge in [-0.15, -0.1) is 0 Å². The molecule has 2 aromatic heterocycles. The molecule has 0 saturated heterocycles. The number of pyridine rings is 1. The van der Waals surface area contributed by atoms with Crippen molar-refractivity contribution < 1.29 is 4.42 Å². The van der Waals surface area contributed by atoms with E-state index in [-0.39, 0.29) is 0 Å². The van der Waals surface area contributed by atoms with Gasteiger partial charge in [0.2, 0.25) is 5.89 Å². The van der Waals surface area contributed by atoms with E-state index in [1.807, 2.05) is 50.5 Å². The number of aromatic nitrogens is 2. The summed E-state index contributed by atoms with van der Waals surface area (Å²) in [5.41, 5.74) is 9.60. The summed E-state index contributed by atoms with van der Waals surface area (Å²) >= 11 is 0. The summed E-state index contributed by atoms with van der Waals surface area (Å²) in [6.45, 7) is 0.774. The van der Waals surface area contributed by atoms with Gasteiger partial charge in [0.25, 0.3) is 0 Å². The van der Waals surface area contributed by atoms with Crippen LogP contribution in [0.4, 0.5) is 5.69 Å². The number of hydrogen-bond donors (Lipinski definition) is 1. The van der Waals surface area contributed by atoms with Gasteiger partial charge in [0, 0.05) is 17.8 Å². The smallest absolute Gasteiger partial charge is 0.228 e. The van der Waals surface area contributed by atoms with E-state index >= 15 is 0 Å². The number of fused-ring (bicyclic) bond motifs is 1. The summed E-state index contributed by atoms with van der Waals surface area (Å²) in [4.78, 5) is 11.0. The summed E-state index contributed by atoms with van der Waals surface area (Å²) in [6, 6.07) is 11.3. The van der Waals surface area contributed by atoms with E-state index in [1.54, 1.807) is 0 Å². The zero-order valence-electron chi connectivity index (χ0n) is 11.5. The molecule has 3 rings (SSSR count). The highest BCUT2D eigenvalue weighted by molar-refractivity contribution is 5.73. The number of nitrogens with zero attached hydrogens (tertiary/aromatic N) is 3. The molecule has 0 bridgehead atoms. The van der Waals surface area contributed by atoms with E-state index in [0.717, 1.165) is 17.8 Å². The summed E-state index contributed by atoms with van der Waals surface area (Å²) in [5, 5.41) is 0. The first-order chi connectivity index (χ1) is 9.61. The Morgan fingerprint density at radius 1 is 1.15 bits per heavy atom. The molecular weight excluding hydrogens is 252 g/mol. The summed E-state index contributed by atoms with van der Waals surface area (Å²) in [6.07, 6.45) is 0. The number of oxazole rings is 1. The van der Waals surface area contributed by atoms with Gasteiger partial charge in [0.15, 0.2) is 11.2 Å². The fourth-order valence-corrected chi connectivity index (χ4v) is 2.06. The highest BCUT2D eigenvalue weighted by atomic mass is 16.3. The average Bonchev–Trinajstić information content (AvgIpc) is 2.81. The van der Waals surface area contributed by atoms with Crippen molar-refractivity contribution in [3.05, 3.63) is 42.1 Å². The minimum Gasteiger partial charge on any atom is -0.434 e. The fourth-order valence-electron chi connectivity index (χ4n) is 2.06. The molecule has 0 amide bonds. The molecule has 0 saturated carbocycles. The number of hydrogen-bond acceptors (Lipinski definition) is 5. The normalized spacial score (nSPS) is 11.3. The Morgan fingerprint density at radius 2 is 2.00 bits per heavy atom. The third kappa shape index (κ3) is 2.48. The van der Waals surface area contributed by atoms with Crippen molar-refractivity contribution in [3.8, 4) is 11.5 Å². The van der Waals surface area contributed by atoms with Gasteiger partial charge in [-0.3, -0.25) is 0 Å². The monoisotopic (exact) mass is 268 g/mol. The molecular formula is C15H16N4O. The van der Waals surface area contributed by atoms with Crippen molar-refractivity contribution >= 4 is 16.9 Å². The highest BCUT2D eigenvalue weighted by Gasteiger charge is 2.10. The first-order valence-corrected chi connectivity index (χ1v) is 6.39. The van der Waals surface area contributed by atoms with E-state index in [0.29, 0.717) is 22.8 Å². The van der Waals surface area contributed by atoms with Gasteiger partial charge < -0.3 is 15.1 Å². The molecule has 0 atom stereocenters. The average molecular weight is 268 g/mol. The quantitative estimate of drug-likeness (QED) is 0.739. The zero-order chi connectivity index (χ0) is 14.1. The van der Waals surface area contributed by atoms with Gasteiger partial charge in [-0.1, -0.05) is 6.07 Å². The van der Waals surface area contributed by atoms with Gasteiger partial charge in [-0.25, -0.2) is 4.98 Å².